The number of hydrogen-bond acceptors (Lipinski definition) is 3. The lowest BCUT2D eigenvalue weighted by Gasteiger charge is -2.18. The van der Waals surface area contributed by atoms with Gasteiger partial charge in [0.05, 0.1) is 18.6 Å². The van der Waals surface area contributed by atoms with E-state index in [1.165, 1.54) is 17.5 Å². The van der Waals surface area contributed by atoms with Crippen LogP contribution < -0.4 is 10.2 Å². The van der Waals surface area contributed by atoms with Crippen molar-refractivity contribution in [2.75, 3.05) is 16.8 Å². The van der Waals surface area contributed by atoms with Crippen molar-refractivity contribution < 1.29 is 14.3 Å². The number of fused-ring (bicyclic) bond motifs is 1. The fourth-order valence-corrected chi connectivity index (χ4v) is 4.10. The second kappa shape index (κ2) is 8.37. The lowest BCUT2D eigenvalue weighted by molar-refractivity contribution is -0.122. The summed E-state index contributed by atoms with van der Waals surface area (Å²) in [7, 11) is 0. The molecule has 4 rings (SSSR count). The standard InChI is InChI=1S/C24H28N2O3/c1-16(2)29-15-17-5-3-8-21(11-17)25-24(28)20-13-23(27)26(14-20)22-10-9-18-6-4-7-19(18)12-22/h3,5,8-12,16,20H,4,6-7,13-15H2,1-2H3,(H,25,28). The molecule has 2 amide bonds. The third-order valence-corrected chi connectivity index (χ3v) is 5.67. The van der Waals surface area contributed by atoms with Crippen molar-refractivity contribution in [3.8, 4) is 0 Å². The van der Waals surface area contributed by atoms with Gasteiger partial charge in [-0.25, -0.2) is 0 Å². The Bertz CT molecular complexity index is 922. The highest BCUT2D eigenvalue weighted by Gasteiger charge is 2.35. The lowest BCUT2D eigenvalue weighted by atomic mass is 10.1. The molecule has 1 unspecified atom stereocenters. The Morgan fingerprint density at radius 2 is 2.00 bits per heavy atom. The first-order chi connectivity index (χ1) is 14.0. The maximum atomic E-state index is 12.8. The van der Waals surface area contributed by atoms with Crippen LogP contribution in [0.2, 0.25) is 0 Å². The SMILES string of the molecule is CC(C)OCc1cccc(NC(=O)C2CC(=O)N(c3ccc4c(c3)CCC4)C2)c1. The molecule has 1 aliphatic carbocycles. The zero-order chi connectivity index (χ0) is 20.4. The van der Waals surface area contributed by atoms with Gasteiger partial charge in [-0.1, -0.05) is 18.2 Å². The average Bonchev–Trinajstić information content (AvgIpc) is 3.32. The molecular formula is C24H28N2O3. The van der Waals surface area contributed by atoms with E-state index < -0.39 is 0 Å². The van der Waals surface area contributed by atoms with E-state index in [0.717, 1.165) is 29.8 Å². The molecule has 5 nitrogen and oxygen atoms in total. The fourth-order valence-electron chi connectivity index (χ4n) is 4.10. The molecule has 2 aliphatic rings. The van der Waals surface area contributed by atoms with E-state index in [2.05, 4.69) is 17.4 Å². The van der Waals surface area contributed by atoms with Gasteiger partial charge in [0, 0.05) is 24.3 Å². The number of nitrogens with zero attached hydrogens (tertiary/aromatic N) is 1. The van der Waals surface area contributed by atoms with Gasteiger partial charge in [0.2, 0.25) is 11.8 Å². The van der Waals surface area contributed by atoms with Gasteiger partial charge in [0.15, 0.2) is 0 Å². The van der Waals surface area contributed by atoms with Gasteiger partial charge in [-0.05, 0) is 74.1 Å². The van der Waals surface area contributed by atoms with E-state index in [0.29, 0.717) is 13.2 Å². The predicted molar refractivity (Wildman–Crippen MR) is 114 cm³/mol. The number of ether oxygens (including phenoxy) is 1. The van der Waals surface area contributed by atoms with Crippen molar-refractivity contribution in [2.45, 2.75) is 52.2 Å². The summed E-state index contributed by atoms with van der Waals surface area (Å²) in [5.41, 5.74) is 5.39. The van der Waals surface area contributed by atoms with Crippen molar-refractivity contribution in [3.63, 3.8) is 0 Å². The van der Waals surface area contributed by atoms with Gasteiger partial charge >= 0.3 is 0 Å². The van der Waals surface area contributed by atoms with Crippen LogP contribution in [0.4, 0.5) is 11.4 Å². The topological polar surface area (TPSA) is 58.6 Å². The first-order valence-electron chi connectivity index (χ1n) is 10.4. The van der Waals surface area contributed by atoms with Crippen molar-refractivity contribution >= 4 is 23.2 Å². The van der Waals surface area contributed by atoms with Crippen LogP contribution in [-0.4, -0.2) is 24.5 Å². The number of carbonyl (C=O) groups excluding carboxylic acids is 2. The largest absolute Gasteiger partial charge is 0.374 e. The fraction of sp³-hybridized carbons (Fsp3) is 0.417. The van der Waals surface area contributed by atoms with Crippen LogP contribution in [0.25, 0.3) is 0 Å². The van der Waals surface area contributed by atoms with Crippen LogP contribution >= 0.6 is 0 Å². The second-order valence-electron chi connectivity index (χ2n) is 8.26. The van der Waals surface area contributed by atoms with Gasteiger partial charge in [-0.3, -0.25) is 9.59 Å². The highest BCUT2D eigenvalue weighted by Crippen LogP contribution is 2.31. The Hall–Kier alpha value is -2.66. The number of hydrogen-bond donors (Lipinski definition) is 1. The molecule has 1 atom stereocenters. The Balaban J connectivity index is 1.40. The minimum absolute atomic E-state index is 0.0159. The van der Waals surface area contributed by atoms with Crippen molar-refractivity contribution in [3.05, 3.63) is 59.2 Å². The Kier molecular flexibility index (Phi) is 5.67. The Morgan fingerprint density at radius 3 is 2.83 bits per heavy atom. The van der Waals surface area contributed by atoms with Crippen LogP contribution in [0.1, 0.15) is 43.4 Å². The van der Waals surface area contributed by atoms with Crippen molar-refractivity contribution in [2.24, 2.45) is 5.92 Å². The second-order valence-corrected chi connectivity index (χ2v) is 8.26. The van der Waals surface area contributed by atoms with E-state index >= 15 is 0 Å². The van der Waals surface area contributed by atoms with E-state index in [9.17, 15) is 9.59 Å². The number of benzene rings is 2. The van der Waals surface area contributed by atoms with E-state index in [1.54, 1.807) is 4.90 Å². The summed E-state index contributed by atoms with van der Waals surface area (Å²) in [6, 6.07) is 13.9. The summed E-state index contributed by atoms with van der Waals surface area (Å²) < 4.78 is 5.63. The smallest absolute Gasteiger partial charge is 0.229 e. The number of nitrogens with one attached hydrogen (secondary N) is 1. The highest BCUT2D eigenvalue weighted by atomic mass is 16.5. The first kappa shape index (κ1) is 19.6. The third-order valence-electron chi connectivity index (χ3n) is 5.67. The van der Waals surface area contributed by atoms with Crippen molar-refractivity contribution in [1.29, 1.82) is 0 Å². The molecule has 1 aliphatic heterocycles. The van der Waals surface area contributed by atoms with Gasteiger partial charge in [-0.2, -0.15) is 0 Å². The zero-order valence-corrected chi connectivity index (χ0v) is 17.1. The number of rotatable bonds is 6. The van der Waals surface area contributed by atoms with Crippen LogP contribution in [0.15, 0.2) is 42.5 Å². The molecule has 2 aromatic rings. The Labute approximate surface area is 172 Å². The van der Waals surface area contributed by atoms with Crippen LogP contribution in [0.3, 0.4) is 0 Å². The summed E-state index contributed by atoms with van der Waals surface area (Å²) in [6.07, 6.45) is 3.78. The molecule has 0 spiro atoms. The molecule has 1 heterocycles. The number of aryl methyl sites for hydroxylation is 2. The van der Waals surface area contributed by atoms with Crippen molar-refractivity contribution in [1.82, 2.24) is 0 Å². The summed E-state index contributed by atoms with van der Waals surface area (Å²) in [4.78, 5) is 27.1. The molecule has 152 valence electrons. The maximum Gasteiger partial charge on any atom is 0.229 e. The van der Waals surface area contributed by atoms with Crippen LogP contribution in [-0.2, 0) is 33.8 Å². The van der Waals surface area contributed by atoms with Gasteiger partial charge in [0.25, 0.3) is 0 Å². The normalized spacial score (nSPS) is 18.4. The highest BCUT2D eigenvalue weighted by molar-refractivity contribution is 6.03. The molecule has 1 N–H and O–H groups in total. The molecule has 0 saturated carbocycles. The predicted octanol–water partition coefficient (Wildman–Crippen LogP) is 4.09. The summed E-state index contributed by atoms with van der Waals surface area (Å²) in [5.74, 6) is -0.433. The Morgan fingerprint density at radius 1 is 1.17 bits per heavy atom. The lowest BCUT2D eigenvalue weighted by Crippen LogP contribution is -2.28. The molecular weight excluding hydrogens is 364 g/mol. The summed E-state index contributed by atoms with van der Waals surface area (Å²) >= 11 is 0. The number of carbonyl (C=O) groups is 2. The van der Waals surface area contributed by atoms with Gasteiger partial charge < -0.3 is 15.0 Å². The van der Waals surface area contributed by atoms with E-state index in [1.807, 2.05) is 44.2 Å². The molecule has 29 heavy (non-hydrogen) atoms. The van der Waals surface area contributed by atoms with E-state index in [-0.39, 0.29) is 30.3 Å². The van der Waals surface area contributed by atoms with E-state index in [4.69, 9.17) is 4.74 Å². The molecule has 2 aromatic carbocycles. The minimum atomic E-state index is -0.341. The molecule has 0 radical (unpaired) electrons. The molecule has 1 fully saturated rings. The average molecular weight is 392 g/mol. The molecule has 5 heteroatoms. The van der Waals surface area contributed by atoms with Gasteiger partial charge in [0.1, 0.15) is 0 Å². The van der Waals surface area contributed by atoms with Crippen LogP contribution in [0.5, 0.6) is 0 Å². The minimum Gasteiger partial charge on any atom is -0.374 e. The molecule has 0 bridgehead atoms. The first-order valence-corrected chi connectivity index (χ1v) is 10.4. The molecule has 0 aromatic heterocycles. The van der Waals surface area contributed by atoms with Gasteiger partial charge in [-0.15, -0.1) is 0 Å². The molecule has 1 saturated heterocycles. The monoisotopic (exact) mass is 392 g/mol. The zero-order valence-electron chi connectivity index (χ0n) is 17.1. The van der Waals surface area contributed by atoms with Crippen LogP contribution in [0, 0.1) is 5.92 Å². The summed E-state index contributed by atoms with van der Waals surface area (Å²) in [5, 5.41) is 2.97. The number of amides is 2. The third kappa shape index (κ3) is 4.51. The quantitative estimate of drug-likeness (QED) is 0.805. The number of anilines is 2. The summed E-state index contributed by atoms with van der Waals surface area (Å²) in [6.45, 7) is 4.93. The maximum absolute atomic E-state index is 12.8.